The summed E-state index contributed by atoms with van der Waals surface area (Å²) in [5.41, 5.74) is 1.84. The summed E-state index contributed by atoms with van der Waals surface area (Å²) in [7, 11) is -3.07. The van der Waals surface area contributed by atoms with Crippen molar-refractivity contribution in [2.24, 2.45) is 0 Å². The normalized spacial score (nSPS) is 18.6. The number of aromatic nitrogens is 2. The highest BCUT2D eigenvalue weighted by Gasteiger charge is 2.34. The number of hydrogen-bond donors (Lipinski definition) is 1. The summed E-state index contributed by atoms with van der Waals surface area (Å²) in [5, 5.41) is 6.30. The first-order valence-corrected chi connectivity index (χ1v) is 10.3. The van der Waals surface area contributed by atoms with Crippen molar-refractivity contribution in [3.63, 3.8) is 0 Å². The molecule has 138 valence electrons. The summed E-state index contributed by atoms with van der Waals surface area (Å²) in [6.07, 6.45) is 0.463. The van der Waals surface area contributed by atoms with E-state index in [0.29, 0.717) is 35.3 Å². The van der Waals surface area contributed by atoms with Gasteiger partial charge < -0.3 is 4.90 Å². The van der Waals surface area contributed by atoms with E-state index in [1.54, 1.807) is 42.2 Å². The molecule has 1 aromatic heterocycles. The largest absolute Gasteiger partial charge is 0.335 e. The molecule has 0 bridgehead atoms. The number of hydrogen-bond acceptors (Lipinski definition) is 5. The Morgan fingerprint density at radius 1 is 1.35 bits per heavy atom. The van der Waals surface area contributed by atoms with Crippen LogP contribution in [-0.2, 0) is 9.84 Å². The molecule has 1 N–H and O–H groups in total. The molecular weight excluding hydrogens is 354 g/mol. The second-order valence-corrected chi connectivity index (χ2v) is 8.71. The van der Waals surface area contributed by atoms with E-state index < -0.39 is 9.84 Å². The van der Waals surface area contributed by atoms with E-state index in [1.807, 2.05) is 6.92 Å². The van der Waals surface area contributed by atoms with Crippen molar-refractivity contribution in [3.8, 4) is 11.1 Å². The van der Waals surface area contributed by atoms with Crippen LogP contribution >= 0.6 is 0 Å². The standard InChI is InChI=1S/C18H21N3O4S/c1-3-21(15-7-8-26(24,25)11-15)18(23)14-6-4-5-13(10-14)16-9-12(2)19-20-17(16)22/h4-6,9-10,15H,3,7-8,11H2,1-2H3,(H,20,22). The van der Waals surface area contributed by atoms with Gasteiger partial charge in [-0.2, -0.15) is 5.10 Å². The van der Waals surface area contributed by atoms with Crippen LogP contribution in [0.4, 0.5) is 0 Å². The van der Waals surface area contributed by atoms with Gasteiger partial charge in [-0.1, -0.05) is 12.1 Å². The third-order valence-corrected chi connectivity index (χ3v) is 6.35. The van der Waals surface area contributed by atoms with Crippen LogP contribution in [0.5, 0.6) is 0 Å². The maximum atomic E-state index is 12.9. The minimum absolute atomic E-state index is 0.00941. The highest BCUT2D eigenvalue weighted by Crippen LogP contribution is 2.22. The summed E-state index contributed by atoms with van der Waals surface area (Å²) >= 11 is 0. The van der Waals surface area contributed by atoms with Crippen LogP contribution in [0.25, 0.3) is 11.1 Å². The molecule has 0 spiro atoms. The molecule has 3 rings (SSSR count). The molecule has 1 atom stereocenters. The molecule has 1 amide bonds. The molecule has 1 unspecified atom stereocenters. The highest BCUT2D eigenvalue weighted by atomic mass is 32.2. The first-order chi connectivity index (χ1) is 12.3. The number of carbonyl (C=O) groups excluding carboxylic acids is 1. The minimum Gasteiger partial charge on any atom is -0.335 e. The van der Waals surface area contributed by atoms with Gasteiger partial charge in [0.1, 0.15) is 0 Å². The van der Waals surface area contributed by atoms with Gasteiger partial charge in [-0.25, -0.2) is 13.5 Å². The Bertz CT molecular complexity index is 997. The number of aryl methyl sites for hydroxylation is 1. The number of sulfone groups is 1. The summed E-state index contributed by atoms with van der Waals surface area (Å²) in [5.74, 6) is -0.0958. The predicted octanol–water partition coefficient (Wildman–Crippen LogP) is 1.39. The van der Waals surface area contributed by atoms with Gasteiger partial charge in [-0.15, -0.1) is 0 Å². The zero-order chi connectivity index (χ0) is 18.9. The van der Waals surface area contributed by atoms with Crippen molar-refractivity contribution < 1.29 is 13.2 Å². The lowest BCUT2D eigenvalue weighted by Crippen LogP contribution is -2.41. The number of nitrogens with one attached hydrogen (secondary N) is 1. The van der Waals surface area contributed by atoms with Crippen molar-refractivity contribution in [2.75, 3.05) is 18.1 Å². The van der Waals surface area contributed by atoms with Crippen molar-refractivity contribution in [1.29, 1.82) is 0 Å². The van der Waals surface area contributed by atoms with Crippen LogP contribution in [0.3, 0.4) is 0 Å². The maximum Gasteiger partial charge on any atom is 0.272 e. The Kier molecular flexibility index (Phi) is 4.95. The minimum atomic E-state index is -3.07. The molecule has 1 fully saturated rings. The highest BCUT2D eigenvalue weighted by molar-refractivity contribution is 7.91. The molecule has 26 heavy (non-hydrogen) atoms. The van der Waals surface area contributed by atoms with Crippen LogP contribution in [0, 0.1) is 6.92 Å². The van der Waals surface area contributed by atoms with E-state index in [-0.39, 0.29) is 29.0 Å². The Balaban J connectivity index is 1.93. The molecule has 1 aliphatic rings. The molecule has 0 radical (unpaired) electrons. The van der Waals surface area contributed by atoms with Gasteiger partial charge >= 0.3 is 0 Å². The lowest BCUT2D eigenvalue weighted by molar-refractivity contribution is 0.0708. The van der Waals surface area contributed by atoms with Crippen LogP contribution < -0.4 is 5.56 Å². The van der Waals surface area contributed by atoms with Gasteiger partial charge in [-0.3, -0.25) is 9.59 Å². The zero-order valence-corrected chi connectivity index (χ0v) is 15.5. The van der Waals surface area contributed by atoms with Gasteiger partial charge in [-0.05, 0) is 44.0 Å². The van der Waals surface area contributed by atoms with Gasteiger partial charge in [0, 0.05) is 18.2 Å². The fourth-order valence-corrected chi connectivity index (χ4v) is 5.03. The van der Waals surface area contributed by atoms with Gasteiger partial charge in [0.25, 0.3) is 11.5 Å². The van der Waals surface area contributed by atoms with Crippen LogP contribution in [-0.4, -0.2) is 53.5 Å². The van der Waals surface area contributed by atoms with E-state index in [4.69, 9.17) is 0 Å². The summed E-state index contributed by atoms with van der Waals surface area (Å²) in [4.78, 5) is 26.6. The number of nitrogens with zero attached hydrogens (tertiary/aromatic N) is 2. The van der Waals surface area contributed by atoms with Gasteiger partial charge in [0.05, 0.1) is 22.8 Å². The molecule has 7 nitrogen and oxygen atoms in total. The second kappa shape index (κ2) is 7.03. The quantitative estimate of drug-likeness (QED) is 0.870. The van der Waals surface area contributed by atoms with Crippen LogP contribution in [0.15, 0.2) is 35.1 Å². The van der Waals surface area contributed by atoms with Crippen molar-refractivity contribution >= 4 is 15.7 Å². The molecule has 8 heteroatoms. The average Bonchev–Trinajstić information content (AvgIpc) is 2.97. The van der Waals surface area contributed by atoms with Crippen molar-refractivity contribution in [3.05, 3.63) is 51.9 Å². The Labute approximate surface area is 152 Å². The molecule has 0 aliphatic carbocycles. The fourth-order valence-electron chi connectivity index (χ4n) is 3.29. The van der Waals surface area contributed by atoms with Crippen LogP contribution in [0.1, 0.15) is 29.4 Å². The van der Waals surface area contributed by atoms with E-state index in [2.05, 4.69) is 10.2 Å². The lowest BCUT2D eigenvalue weighted by Gasteiger charge is -2.27. The SMILES string of the molecule is CCN(C(=O)c1cccc(-c2cc(C)n[nH]c2=O)c1)C1CCS(=O)(=O)C1. The smallest absolute Gasteiger partial charge is 0.272 e. The van der Waals surface area contributed by atoms with E-state index in [1.165, 1.54) is 0 Å². The van der Waals surface area contributed by atoms with Crippen molar-refractivity contribution in [2.45, 2.75) is 26.3 Å². The second-order valence-electron chi connectivity index (χ2n) is 6.48. The Morgan fingerprint density at radius 3 is 2.77 bits per heavy atom. The topological polar surface area (TPSA) is 100 Å². The third-order valence-electron chi connectivity index (χ3n) is 4.60. The molecule has 1 aromatic carbocycles. The van der Waals surface area contributed by atoms with Crippen molar-refractivity contribution in [1.82, 2.24) is 15.1 Å². The summed E-state index contributed by atoms with van der Waals surface area (Å²) in [6.45, 7) is 4.04. The Morgan fingerprint density at radius 2 is 2.12 bits per heavy atom. The van der Waals surface area contributed by atoms with E-state index >= 15 is 0 Å². The van der Waals surface area contributed by atoms with E-state index in [0.717, 1.165) is 0 Å². The average molecular weight is 375 g/mol. The maximum absolute atomic E-state index is 12.9. The zero-order valence-electron chi connectivity index (χ0n) is 14.7. The first kappa shape index (κ1) is 18.3. The number of H-pyrrole nitrogens is 1. The lowest BCUT2D eigenvalue weighted by atomic mass is 10.0. The molecule has 2 heterocycles. The number of carbonyl (C=O) groups is 1. The van der Waals surface area contributed by atoms with Crippen LogP contribution in [0.2, 0.25) is 0 Å². The number of benzene rings is 1. The first-order valence-electron chi connectivity index (χ1n) is 8.49. The fraction of sp³-hybridized carbons (Fsp3) is 0.389. The van der Waals surface area contributed by atoms with Gasteiger partial charge in [0.2, 0.25) is 0 Å². The third kappa shape index (κ3) is 3.70. The van der Waals surface area contributed by atoms with Gasteiger partial charge in [0.15, 0.2) is 9.84 Å². The molecule has 1 aliphatic heterocycles. The molecule has 0 saturated carbocycles. The molecule has 2 aromatic rings. The summed E-state index contributed by atoms with van der Waals surface area (Å²) < 4.78 is 23.5. The number of aromatic amines is 1. The Hall–Kier alpha value is -2.48. The monoisotopic (exact) mass is 375 g/mol. The van der Waals surface area contributed by atoms with E-state index in [9.17, 15) is 18.0 Å². The number of rotatable bonds is 4. The number of amides is 1. The molecular formula is C18H21N3O4S. The summed E-state index contributed by atoms with van der Waals surface area (Å²) in [6, 6.07) is 8.20. The molecule has 1 saturated heterocycles. The predicted molar refractivity (Wildman–Crippen MR) is 98.8 cm³/mol.